The maximum atomic E-state index is 14.8. The van der Waals surface area contributed by atoms with Crippen molar-refractivity contribution in [1.29, 1.82) is 0 Å². The summed E-state index contributed by atoms with van der Waals surface area (Å²) in [5, 5.41) is 9.86. The smallest absolute Gasteiger partial charge is 0.408 e. The molecule has 2 aromatic carbocycles. The molecule has 160 valence electrons. The van der Waals surface area contributed by atoms with Crippen molar-refractivity contribution < 1.29 is 28.2 Å². The van der Waals surface area contributed by atoms with Crippen molar-refractivity contribution in [1.82, 2.24) is 9.80 Å². The molecule has 1 aliphatic rings. The third kappa shape index (κ3) is 4.35. The summed E-state index contributed by atoms with van der Waals surface area (Å²) in [6, 6.07) is 9.61. The summed E-state index contributed by atoms with van der Waals surface area (Å²) in [5.74, 6) is -2.90. The average molecular weight is 436 g/mol. The minimum Gasteiger partial charge on any atom is -0.497 e. The molecule has 0 spiro atoms. The molecular formula is C21H22F2N2O4S. The number of ether oxygens (including phenoxy) is 1. The Morgan fingerprint density at radius 1 is 1.27 bits per heavy atom. The Morgan fingerprint density at radius 3 is 2.43 bits per heavy atom. The molecule has 6 nitrogen and oxygen atoms in total. The van der Waals surface area contributed by atoms with Gasteiger partial charge in [0.1, 0.15) is 23.4 Å². The number of nitrogens with zero attached hydrogens (tertiary/aromatic N) is 2. The fourth-order valence-corrected chi connectivity index (χ4v) is 4.30. The molecule has 2 amide bonds. The summed E-state index contributed by atoms with van der Waals surface area (Å²) in [5.41, 5.74) is 0.363. The number of hydrogen-bond donors (Lipinski definition) is 1. The summed E-state index contributed by atoms with van der Waals surface area (Å²) in [7, 11) is 1.29. The van der Waals surface area contributed by atoms with Crippen LogP contribution < -0.4 is 4.74 Å². The first-order valence-electron chi connectivity index (χ1n) is 9.21. The molecule has 0 bridgehead atoms. The van der Waals surface area contributed by atoms with Crippen molar-refractivity contribution >= 4 is 23.8 Å². The summed E-state index contributed by atoms with van der Waals surface area (Å²) >= 11 is 1.37. The number of benzene rings is 2. The average Bonchev–Trinajstić information content (AvgIpc) is 3.02. The van der Waals surface area contributed by atoms with Gasteiger partial charge >= 0.3 is 6.09 Å². The maximum absolute atomic E-state index is 14.8. The third-order valence-corrected chi connectivity index (χ3v) is 5.65. The molecule has 0 aromatic heterocycles. The Hall–Kier alpha value is -2.81. The number of methoxy groups -OCH3 is 1. The second-order valence-electron chi connectivity index (χ2n) is 6.93. The normalized spacial score (nSPS) is 18.5. The molecule has 3 rings (SSSR count). The summed E-state index contributed by atoms with van der Waals surface area (Å²) in [6.45, 7) is -0.0569. The highest BCUT2D eigenvalue weighted by molar-refractivity contribution is 7.98. The Labute approximate surface area is 177 Å². The van der Waals surface area contributed by atoms with Crippen LogP contribution in [0.5, 0.6) is 5.75 Å². The standard InChI is InChI=1S/C21H22F2N2O4S/c1-29-14-8-16(22)18(17(23)9-14)15-11-24(12-30-2)20(26)19(15)25(21(27)28)10-13-6-4-3-5-7-13/h3-9,15,19H,10-12H2,1-2H3,(H,27,28)/t15-,19-/m0/s1. The van der Waals surface area contributed by atoms with Crippen molar-refractivity contribution in [2.24, 2.45) is 0 Å². The topological polar surface area (TPSA) is 70.1 Å². The van der Waals surface area contributed by atoms with E-state index in [4.69, 9.17) is 4.74 Å². The van der Waals surface area contributed by atoms with E-state index < -0.39 is 35.6 Å². The quantitative estimate of drug-likeness (QED) is 0.716. The van der Waals surface area contributed by atoms with Crippen LogP contribution in [0.2, 0.25) is 0 Å². The van der Waals surface area contributed by atoms with Gasteiger partial charge in [0, 0.05) is 36.7 Å². The Bertz CT molecular complexity index is 905. The first kappa shape index (κ1) is 21.9. The highest BCUT2D eigenvalue weighted by atomic mass is 32.2. The SMILES string of the molecule is COc1cc(F)c([C@@H]2CN(CSC)C(=O)[C@H]2N(Cc2ccccc2)C(=O)O)c(F)c1. The fourth-order valence-electron chi connectivity index (χ4n) is 3.76. The first-order chi connectivity index (χ1) is 14.4. The number of thioether (sulfide) groups is 1. The van der Waals surface area contributed by atoms with Crippen LogP contribution in [0.4, 0.5) is 13.6 Å². The summed E-state index contributed by atoms with van der Waals surface area (Å²) in [4.78, 5) is 27.6. The monoisotopic (exact) mass is 436 g/mol. The van der Waals surface area contributed by atoms with Crippen molar-refractivity contribution in [2.75, 3.05) is 25.8 Å². The number of hydrogen-bond acceptors (Lipinski definition) is 4. The van der Waals surface area contributed by atoms with Gasteiger partial charge in [-0.1, -0.05) is 30.3 Å². The first-order valence-corrected chi connectivity index (χ1v) is 10.6. The lowest BCUT2D eigenvalue weighted by molar-refractivity contribution is -0.131. The number of carbonyl (C=O) groups excluding carboxylic acids is 1. The highest BCUT2D eigenvalue weighted by Gasteiger charge is 2.48. The molecule has 0 aliphatic carbocycles. The summed E-state index contributed by atoms with van der Waals surface area (Å²) < 4.78 is 34.6. The van der Waals surface area contributed by atoms with Crippen molar-refractivity contribution in [3.05, 3.63) is 65.2 Å². The van der Waals surface area contributed by atoms with Crippen molar-refractivity contribution in [3.8, 4) is 5.75 Å². The minimum absolute atomic E-state index is 0.00923. The van der Waals surface area contributed by atoms with Crippen molar-refractivity contribution in [2.45, 2.75) is 18.5 Å². The van der Waals surface area contributed by atoms with Crippen LogP contribution in [0.3, 0.4) is 0 Å². The van der Waals surface area contributed by atoms with Crippen LogP contribution in [-0.2, 0) is 11.3 Å². The number of halogens is 2. The lowest BCUT2D eigenvalue weighted by atomic mass is 9.91. The Balaban J connectivity index is 2.05. The lowest BCUT2D eigenvalue weighted by Crippen LogP contribution is -2.46. The molecule has 9 heteroatoms. The molecule has 30 heavy (non-hydrogen) atoms. The molecule has 2 aromatic rings. The van der Waals surface area contributed by atoms with Gasteiger partial charge in [-0.05, 0) is 11.8 Å². The van der Waals surface area contributed by atoms with E-state index >= 15 is 0 Å². The van der Waals surface area contributed by atoms with Gasteiger partial charge in [0.15, 0.2) is 0 Å². The van der Waals surface area contributed by atoms with Crippen LogP contribution in [-0.4, -0.2) is 58.7 Å². The van der Waals surface area contributed by atoms with Crippen LogP contribution in [0.25, 0.3) is 0 Å². The zero-order valence-corrected chi connectivity index (χ0v) is 17.4. The molecule has 1 N–H and O–H groups in total. The number of rotatable bonds is 7. The Kier molecular flexibility index (Phi) is 6.81. The number of likely N-dealkylation sites (tertiary alicyclic amines) is 1. The Morgan fingerprint density at radius 2 is 1.90 bits per heavy atom. The maximum Gasteiger partial charge on any atom is 0.408 e. The number of carbonyl (C=O) groups is 2. The number of carboxylic acid groups (broad SMARTS) is 1. The van der Waals surface area contributed by atoms with E-state index in [0.29, 0.717) is 11.4 Å². The van der Waals surface area contributed by atoms with Crippen LogP contribution in [0.1, 0.15) is 17.0 Å². The largest absolute Gasteiger partial charge is 0.497 e. The van der Waals surface area contributed by atoms with E-state index in [-0.39, 0.29) is 24.4 Å². The van der Waals surface area contributed by atoms with Crippen LogP contribution >= 0.6 is 11.8 Å². The zero-order chi connectivity index (χ0) is 21.8. The van der Waals surface area contributed by atoms with E-state index in [0.717, 1.165) is 17.0 Å². The molecule has 0 unspecified atom stereocenters. The van der Waals surface area contributed by atoms with Crippen LogP contribution in [0, 0.1) is 11.6 Å². The van der Waals surface area contributed by atoms with Gasteiger partial charge in [0.2, 0.25) is 5.91 Å². The lowest BCUT2D eigenvalue weighted by Gasteiger charge is -2.29. The molecule has 2 atom stereocenters. The van der Waals surface area contributed by atoms with E-state index in [9.17, 15) is 23.5 Å². The molecule has 0 radical (unpaired) electrons. The van der Waals surface area contributed by atoms with Crippen molar-refractivity contribution in [3.63, 3.8) is 0 Å². The number of amides is 2. The molecule has 1 fully saturated rings. The van der Waals surface area contributed by atoms with Crippen LogP contribution in [0.15, 0.2) is 42.5 Å². The summed E-state index contributed by atoms with van der Waals surface area (Å²) in [6.07, 6.45) is 0.464. The minimum atomic E-state index is -1.33. The van der Waals surface area contributed by atoms with E-state index in [1.807, 2.05) is 0 Å². The van der Waals surface area contributed by atoms with Gasteiger partial charge in [-0.15, -0.1) is 11.8 Å². The van der Waals surface area contributed by atoms with E-state index in [1.54, 1.807) is 36.6 Å². The second-order valence-corrected chi connectivity index (χ2v) is 7.77. The third-order valence-electron chi connectivity index (χ3n) is 5.08. The molecule has 1 aliphatic heterocycles. The van der Waals surface area contributed by atoms with Gasteiger partial charge in [-0.3, -0.25) is 9.69 Å². The van der Waals surface area contributed by atoms with E-state index in [2.05, 4.69) is 0 Å². The zero-order valence-electron chi connectivity index (χ0n) is 16.5. The van der Waals surface area contributed by atoms with Gasteiger partial charge in [-0.2, -0.15) is 0 Å². The predicted molar refractivity (Wildman–Crippen MR) is 110 cm³/mol. The fraction of sp³-hybridized carbons (Fsp3) is 0.333. The highest BCUT2D eigenvalue weighted by Crippen LogP contribution is 2.37. The molecule has 0 saturated carbocycles. The molecule has 1 saturated heterocycles. The van der Waals surface area contributed by atoms with Gasteiger partial charge < -0.3 is 14.7 Å². The van der Waals surface area contributed by atoms with Gasteiger partial charge in [0.05, 0.1) is 13.0 Å². The predicted octanol–water partition coefficient (Wildman–Crippen LogP) is 3.77. The second kappa shape index (κ2) is 9.34. The van der Waals surface area contributed by atoms with Gasteiger partial charge in [-0.25, -0.2) is 13.6 Å². The van der Waals surface area contributed by atoms with Gasteiger partial charge in [0.25, 0.3) is 0 Å². The molecule has 1 heterocycles. The molecular weight excluding hydrogens is 414 g/mol. The van der Waals surface area contributed by atoms with E-state index in [1.165, 1.54) is 23.8 Å².